The normalized spacial score (nSPS) is 15.2. The van der Waals surface area contributed by atoms with Gasteiger partial charge in [-0.2, -0.15) is 12.5 Å². The Kier molecular flexibility index (Phi) is 5.62. The van der Waals surface area contributed by atoms with Crippen molar-refractivity contribution in [3.05, 3.63) is 54.1 Å². The fourth-order valence-electron chi connectivity index (χ4n) is 3.68. The average Bonchev–Trinajstić information content (AvgIpc) is 3.13. The molecule has 1 aliphatic heterocycles. The van der Waals surface area contributed by atoms with E-state index in [0.717, 1.165) is 15.0 Å². The molecule has 3 aromatic rings. The monoisotopic (exact) mass is 456 g/mol. The number of carbonyl (C=O) groups excluding carboxylic acids is 1. The van der Waals surface area contributed by atoms with Crippen LogP contribution in [-0.4, -0.2) is 60.4 Å². The first-order chi connectivity index (χ1) is 15.1. The molecule has 1 aromatic heterocycles. The molecule has 170 valence electrons. The van der Waals surface area contributed by atoms with Gasteiger partial charge < -0.3 is 14.5 Å². The van der Waals surface area contributed by atoms with Crippen LogP contribution in [-0.2, 0) is 14.8 Å². The van der Waals surface area contributed by atoms with E-state index in [9.17, 15) is 13.2 Å². The Bertz CT molecular complexity index is 1240. The number of amides is 1. The van der Waals surface area contributed by atoms with Crippen molar-refractivity contribution in [3.63, 3.8) is 0 Å². The molecule has 32 heavy (non-hydrogen) atoms. The van der Waals surface area contributed by atoms with E-state index in [-0.39, 0.29) is 11.0 Å². The van der Waals surface area contributed by atoms with E-state index < -0.39 is 15.6 Å². The summed E-state index contributed by atoms with van der Waals surface area (Å²) in [5, 5.41) is 5.29. The summed E-state index contributed by atoms with van der Waals surface area (Å²) in [6.45, 7) is 9.45. The molecule has 0 unspecified atom stereocenters. The van der Waals surface area contributed by atoms with Gasteiger partial charge in [0.15, 0.2) is 5.82 Å². The van der Waals surface area contributed by atoms with E-state index in [0.29, 0.717) is 37.5 Å². The van der Waals surface area contributed by atoms with Gasteiger partial charge in [0.1, 0.15) is 5.60 Å². The van der Waals surface area contributed by atoms with Crippen molar-refractivity contribution in [2.24, 2.45) is 0 Å². The molecule has 0 saturated carbocycles. The maximum absolute atomic E-state index is 13.3. The predicted molar refractivity (Wildman–Crippen MR) is 124 cm³/mol. The number of hydrogen-bond acceptors (Lipinski definition) is 6. The zero-order valence-corrected chi connectivity index (χ0v) is 19.6. The Morgan fingerprint density at radius 2 is 1.59 bits per heavy atom. The van der Waals surface area contributed by atoms with Gasteiger partial charge in [0, 0.05) is 31.6 Å². The minimum atomic E-state index is -3.85. The Balaban J connectivity index is 1.63. The summed E-state index contributed by atoms with van der Waals surface area (Å²) in [5.41, 5.74) is 0.962. The third-order valence-electron chi connectivity index (χ3n) is 5.31. The fourth-order valence-corrected chi connectivity index (χ4v) is 4.96. The number of hydrogen-bond donors (Lipinski definition) is 0. The lowest BCUT2D eigenvalue weighted by atomic mass is 10.2. The Hall–Kier alpha value is -3.07. The van der Waals surface area contributed by atoms with Crippen LogP contribution in [0.1, 0.15) is 26.3 Å². The maximum Gasteiger partial charge on any atom is 0.410 e. The van der Waals surface area contributed by atoms with Gasteiger partial charge in [-0.25, -0.2) is 4.79 Å². The van der Waals surface area contributed by atoms with Gasteiger partial charge in [0.25, 0.3) is 10.0 Å². The van der Waals surface area contributed by atoms with Crippen molar-refractivity contribution in [3.8, 4) is 0 Å². The number of anilines is 1. The zero-order valence-electron chi connectivity index (χ0n) is 18.8. The lowest BCUT2D eigenvalue weighted by Gasteiger charge is -2.35. The van der Waals surface area contributed by atoms with Gasteiger partial charge in [-0.1, -0.05) is 29.8 Å². The Morgan fingerprint density at radius 1 is 0.969 bits per heavy atom. The van der Waals surface area contributed by atoms with Crippen LogP contribution in [0.5, 0.6) is 0 Å². The van der Waals surface area contributed by atoms with Crippen LogP contribution in [0, 0.1) is 6.92 Å². The van der Waals surface area contributed by atoms with Crippen molar-refractivity contribution < 1.29 is 17.9 Å². The van der Waals surface area contributed by atoms with E-state index in [1.807, 2.05) is 44.7 Å². The van der Waals surface area contributed by atoms with E-state index in [4.69, 9.17) is 4.74 Å². The van der Waals surface area contributed by atoms with Gasteiger partial charge in [0.05, 0.1) is 10.4 Å². The molecule has 0 radical (unpaired) electrons. The van der Waals surface area contributed by atoms with Gasteiger partial charge in [-0.15, -0.1) is 5.10 Å². The molecule has 1 aliphatic rings. The van der Waals surface area contributed by atoms with Crippen molar-refractivity contribution >= 4 is 32.8 Å². The first-order valence-corrected chi connectivity index (χ1v) is 12.0. The van der Waals surface area contributed by atoms with Gasteiger partial charge in [-0.05, 0) is 52.0 Å². The topological polar surface area (TPSA) is 84.7 Å². The summed E-state index contributed by atoms with van der Waals surface area (Å²) in [5.74, 6) is 0.597. The third-order valence-corrected chi connectivity index (χ3v) is 6.92. The third kappa shape index (κ3) is 4.29. The lowest BCUT2D eigenvalue weighted by molar-refractivity contribution is 0.0240. The Labute approximate surface area is 188 Å². The predicted octanol–water partition coefficient (Wildman–Crippen LogP) is 3.64. The number of aromatic nitrogens is 2. The molecular weight excluding hydrogens is 428 g/mol. The van der Waals surface area contributed by atoms with Crippen molar-refractivity contribution in [2.75, 3.05) is 31.1 Å². The SMILES string of the molecule is Cc1ccc(S(=O)(=O)n2nc(N3CCN(C(=O)OC(C)(C)C)CC3)c3ccccc32)cc1. The molecule has 1 fully saturated rings. The van der Waals surface area contributed by atoms with E-state index in [1.54, 1.807) is 41.3 Å². The summed E-state index contributed by atoms with van der Waals surface area (Å²) >= 11 is 0. The first kappa shape index (κ1) is 22.1. The van der Waals surface area contributed by atoms with E-state index in [2.05, 4.69) is 5.10 Å². The quantitative estimate of drug-likeness (QED) is 0.598. The Morgan fingerprint density at radius 3 is 2.22 bits per heavy atom. The summed E-state index contributed by atoms with van der Waals surface area (Å²) in [6.07, 6.45) is -0.338. The number of rotatable bonds is 3. The average molecular weight is 457 g/mol. The first-order valence-electron chi connectivity index (χ1n) is 10.6. The number of benzene rings is 2. The molecule has 4 rings (SSSR count). The molecule has 8 nitrogen and oxygen atoms in total. The molecule has 0 spiro atoms. The number of para-hydroxylation sites is 1. The van der Waals surface area contributed by atoms with Crippen LogP contribution < -0.4 is 4.90 Å². The second kappa shape index (κ2) is 8.12. The highest BCUT2D eigenvalue weighted by molar-refractivity contribution is 7.90. The van der Waals surface area contributed by atoms with Crippen molar-refractivity contribution in [1.82, 2.24) is 14.1 Å². The number of carbonyl (C=O) groups is 1. The van der Waals surface area contributed by atoms with Gasteiger partial charge in [0.2, 0.25) is 0 Å². The fraction of sp³-hybridized carbons (Fsp3) is 0.391. The number of nitrogens with zero attached hydrogens (tertiary/aromatic N) is 4. The van der Waals surface area contributed by atoms with Gasteiger partial charge in [-0.3, -0.25) is 0 Å². The molecule has 0 bridgehead atoms. The molecule has 2 aromatic carbocycles. The van der Waals surface area contributed by atoms with Crippen molar-refractivity contribution in [1.29, 1.82) is 0 Å². The number of aryl methyl sites for hydroxylation is 1. The zero-order chi connectivity index (χ0) is 23.1. The van der Waals surface area contributed by atoms with Crippen LogP contribution >= 0.6 is 0 Å². The second-order valence-corrected chi connectivity index (χ2v) is 10.7. The highest BCUT2D eigenvalue weighted by Gasteiger charge is 2.29. The molecule has 0 N–H and O–H groups in total. The van der Waals surface area contributed by atoms with Crippen LogP contribution in [0.3, 0.4) is 0 Å². The highest BCUT2D eigenvalue weighted by Crippen LogP contribution is 2.30. The maximum atomic E-state index is 13.3. The van der Waals surface area contributed by atoms with Crippen molar-refractivity contribution in [2.45, 2.75) is 38.2 Å². The van der Waals surface area contributed by atoms with E-state index in [1.165, 1.54) is 0 Å². The highest BCUT2D eigenvalue weighted by atomic mass is 32.2. The molecule has 0 atom stereocenters. The van der Waals surface area contributed by atoms with Crippen LogP contribution in [0.15, 0.2) is 53.4 Å². The van der Waals surface area contributed by atoms with E-state index >= 15 is 0 Å². The summed E-state index contributed by atoms with van der Waals surface area (Å²) in [7, 11) is -3.85. The smallest absolute Gasteiger partial charge is 0.410 e. The molecular formula is C23H28N4O4S. The molecule has 9 heteroatoms. The lowest BCUT2D eigenvalue weighted by Crippen LogP contribution is -2.50. The minimum Gasteiger partial charge on any atom is -0.444 e. The minimum absolute atomic E-state index is 0.192. The van der Waals surface area contributed by atoms with Gasteiger partial charge >= 0.3 is 6.09 Å². The second-order valence-electron chi connectivity index (χ2n) is 8.96. The molecule has 2 heterocycles. The molecule has 1 saturated heterocycles. The number of piperazine rings is 1. The summed E-state index contributed by atoms with van der Waals surface area (Å²) < 4.78 is 33.3. The molecule has 0 aliphatic carbocycles. The van der Waals surface area contributed by atoms with Crippen LogP contribution in [0.2, 0.25) is 0 Å². The van der Waals surface area contributed by atoms with Crippen LogP contribution in [0.4, 0.5) is 10.6 Å². The number of ether oxygens (including phenoxy) is 1. The number of fused-ring (bicyclic) bond motifs is 1. The molecule has 1 amide bonds. The van der Waals surface area contributed by atoms with Crippen LogP contribution in [0.25, 0.3) is 10.9 Å². The summed E-state index contributed by atoms with van der Waals surface area (Å²) in [4.78, 5) is 16.3. The summed E-state index contributed by atoms with van der Waals surface area (Å²) in [6, 6.07) is 14.0. The standard InChI is InChI=1S/C23H28N4O4S/c1-17-9-11-18(12-10-17)32(29,30)27-20-8-6-5-7-19(20)21(24-27)25-13-15-26(16-14-25)22(28)31-23(2,3)4/h5-12H,13-16H2,1-4H3. The largest absolute Gasteiger partial charge is 0.444 e.